The van der Waals surface area contributed by atoms with Gasteiger partial charge in [-0.05, 0) is 24.3 Å². The van der Waals surface area contributed by atoms with Gasteiger partial charge < -0.3 is 14.8 Å². The molecule has 1 aliphatic heterocycles. The lowest BCUT2D eigenvalue weighted by atomic mass is 10.0. The van der Waals surface area contributed by atoms with Crippen LogP contribution in [0.2, 0.25) is 0 Å². The molecule has 0 fully saturated rings. The topological polar surface area (TPSA) is 74.4 Å². The summed E-state index contributed by atoms with van der Waals surface area (Å²) in [6.07, 6.45) is -6.87. The van der Waals surface area contributed by atoms with Crippen molar-refractivity contribution in [1.29, 1.82) is 0 Å². The molecule has 2 atom stereocenters. The lowest BCUT2D eigenvalue weighted by molar-refractivity contribution is -0.148. The maximum atomic E-state index is 13.6. The highest BCUT2D eigenvalue weighted by Gasteiger charge is 2.39. The maximum absolute atomic E-state index is 13.6. The number of halogens is 6. The summed E-state index contributed by atoms with van der Waals surface area (Å²) in [4.78, 5) is 1.33. The van der Waals surface area contributed by atoms with Gasteiger partial charge in [0.05, 0.1) is 6.54 Å². The fourth-order valence-corrected chi connectivity index (χ4v) is 2.95. The summed E-state index contributed by atoms with van der Waals surface area (Å²) in [7, 11) is 0. The van der Waals surface area contributed by atoms with Gasteiger partial charge in [-0.3, -0.25) is 11.3 Å². The van der Waals surface area contributed by atoms with Gasteiger partial charge in [0.15, 0.2) is 11.6 Å². The SMILES string of the molecule is OC([CH-]C(O)N1CCn2c(nnc2C(F)(F)F)C1)Cc1cc(F)c(F)cc1F. The Hall–Kier alpha value is -2.18. The number of alkyl halides is 3. The average molecular weight is 409 g/mol. The highest BCUT2D eigenvalue weighted by molar-refractivity contribution is 5.21. The number of aliphatic hydroxyl groups is 2. The van der Waals surface area contributed by atoms with Crippen LogP contribution < -0.4 is 0 Å². The minimum absolute atomic E-state index is 0.00725. The van der Waals surface area contributed by atoms with Crippen LogP contribution in [0.25, 0.3) is 0 Å². The van der Waals surface area contributed by atoms with Crippen molar-refractivity contribution in [3.63, 3.8) is 0 Å². The van der Waals surface area contributed by atoms with E-state index in [2.05, 4.69) is 10.2 Å². The number of rotatable bonds is 5. The van der Waals surface area contributed by atoms with Gasteiger partial charge in [0.25, 0.3) is 0 Å². The summed E-state index contributed by atoms with van der Waals surface area (Å²) in [6.45, 7) is -0.277. The predicted octanol–water partition coefficient (Wildman–Crippen LogP) is 1.66. The molecule has 2 heterocycles. The van der Waals surface area contributed by atoms with Gasteiger partial charge in [0.2, 0.25) is 5.82 Å². The molecule has 1 aliphatic rings. The first kappa shape index (κ1) is 20.6. The van der Waals surface area contributed by atoms with Crippen molar-refractivity contribution < 1.29 is 36.6 Å². The summed E-state index contributed by atoms with van der Waals surface area (Å²) < 4.78 is 79.1. The van der Waals surface area contributed by atoms with E-state index in [1.807, 2.05) is 0 Å². The molecule has 0 bridgehead atoms. The lowest BCUT2D eigenvalue weighted by Crippen LogP contribution is -2.44. The van der Waals surface area contributed by atoms with Gasteiger partial charge in [0.1, 0.15) is 11.6 Å². The van der Waals surface area contributed by atoms with Crippen molar-refractivity contribution in [3.8, 4) is 0 Å². The van der Waals surface area contributed by atoms with Crippen LogP contribution in [0.4, 0.5) is 26.3 Å². The van der Waals surface area contributed by atoms with Crippen molar-refractivity contribution in [2.24, 2.45) is 0 Å². The number of aromatic nitrogens is 3. The first-order chi connectivity index (χ1) is 13.1. The zero-order chi connectivity index (χ0) is 20.6. The number of nitrogens with zero attached hydrogens (tertiary/aromatic N) is 4. The largest absolute Gasteiger partial charge is 0.451 e. The van der Waals surface area contributed by atoms with Crippen molar-refractivity contribution >= 4 is 0 Å². The molecule has 0 saturated heterocycles. The maximum Gasteiger partial charge on any atom is 0.451 e. The van der Waals surface area contributed by atoms with Gasteiger partial charge in [-0.1, -0.05) is 6.10 Å². The second kappa shape index (κ2) is 7.68. The highest BCUT2D eigenvalue weighted by Crippen LogP contribution is 2.29. The molecule has 2 N–H and O–H groups in total. The van der Waals surface area contributed by atoms with Crippen LogP contribution in [0, 0.1) is 23.9 Å². The van der Waals surface area contributed by atoms with E-state index in [0.29, 0.717) is 12.1 Å². The number of hydrogen-bond donors (Lipinski definition) is 2. The quantitative estimate of drug-likeness (QED) is 0.447. The molecule has 154 valence electrons. The summed E-state index contributed by atoms with van der Waals surface area (Å²) in [6, 6.07) is 0.958. The fourth-order valence-electron chi connectivity index (χ4n) is 2.95. The summed E-state index contributed by atoms with van der Waals surface area (Å²) >= 11 is 0. The van der Waals surface area contributed by atoms with Crippen LogP contribution in [-0.2, 0) is 25.7 Å². The van der Waals surface area contributed by atoms with Gasteiger partial charge in [-0.25, -0.2) is 13.2 Å². The van der Waals surface area contributed by atoms with Gasteiger partial charge in [-0.15, -0.1) is 10.2 Å². The Morgan fingerprint density at radius 1 is 1.04 bits per heavy atom. The molecule has 1 aromatic carbocycles. The van der Waals surface area contributed by atoms with Crippen LogP contribution in [-0.4, -0.2) is 48.8 Å². The molecule has 0 amide bonds. The van der Waals surface area contributed by atoms with E-state index >= 15 is 0 Å². The molecule has 6 nitrogen and oxygen atoms in total. The molecule has 12 heteroatoms. The molecule has 0 saturated carbocycles. The van der Waals surface area contributed by atoms with E-state index < -0.39 is 48.2 Å². The molecular weight excluding hydrogens is 394 g/mol. The smallest absolute Gasteiger partial charge is 0.425 e. The second-order valence-corrected chi connectivity index (χ2v) is 6.29. The molecule has 3 rings (SSSR count). The predicted molar refractivity (Wildman–Crippen MR) is 81.8 cm³/mol. The van der Waals surface area contributed by atoms with E-state index in [9.17, 15) is 36.6 Å². The number of hydrogen-bond acceptors (Lipinski definition) is 5. The van der Waals surface area contributed by atoms with E-state index in [0.717, 1.165) is 11.0 Å². The Morgan fingerprint density at radius 2 is 1.71 bits per heavy atom. The monoisotopic (exact) mass is 409 g/mol. The van der Waals surface area contributed by atoms with Crippen LogP contribution in [0.5, 0.6) is 0 Å². The zero-order valence-electron chi connectivity index (χ0n) is 14.2. The lowest BCUT2D eigenvalue weighted by Gasteiger charge is -2.38. The molecular formula is C16H15F6N4O2-. The first-order valence-electron chi connectivity index (χ1n) is 8.14. The third-order valence-electron chi connectivity index (χ3n) is 4.32. The minimum atomic E-state index is -4.65. The standard InChI is InChI=1S/C16H15F6N4O2/c17-10-6-12(19)11(18)4-8(10)3-9(27)5-14(28)25-1-2-26-13(7-25)23-24-15(26)16(20,21)22/h4-6,9,14,27-28H,1-3,7H2/q-1. The van der Waals surface area contributed by atoms with Crippen molar-refractivity contribution in [2.75, 3.05) is 6.54 Å². The summed E-state index contributed by atoms with van der Waals surface area (Å²) in [5, 5.41) is 26.8. The Balaban J connectivity index is 1.62. The Morgan fingerprint density at radius 3 is 2.39 bits per heavy atom. The van der Waals surface area contributed by atoms with Crippen LogP contribution in [0.15, 0.2) is 12.1 Å². The summed E-state index contributed by atoms with van der Waals surface area (Å²) in [5.74, 6) is -4.83. The molecule has 2 aromatic rings. The second-order valence-electron chi connectivity index (χ2n) is 6.29. The Labute approximate surface area is 155 Å². The molecule has 0 radical (unpaired) electrons. The molecule has 0 spiro atoms. The highest BCUT2D eigenvalue weighted by atomic mass is 19.4. The van der Waals surface area contributed by atoms with Crippen LogP contribution in [0.1, 0.15) is 17.2 Å². The summed E-state index contributed by atoms with van der Waals surface area (Å²) in [5.41, 5.74) is -0.289. The van der Waals surface area contributed by atoms with Crippen LogP contribution in [0.3, 0.4) is 0 Å². The normalized spacial score (nSPS) is 17.4. The van der Waals surface area contributed by atoms with Crippen molar-refractivity contribution in [3.05, 3.63) is 53.2 Å². The minimum Gasteiger partial charge on any atom is -0.425 e. The number of benzene rings is 1. The molecule has 28 heavy (non-hydrogen) atoms. The van der Waals surface area contributed by atoms with Gasteiger partial charge in [0, 0.05) is 19.2 Å². The first-order valence-corrected chi connectivity index (χ1v) is 8.14. The van der Waals surface area contributed by atoms with E-state index in [1.165, 1.54) is 4.90 Å². The van der Waals surface area contributed by atoms with Gasteiger partial charge in [-0.2, -0.15) is 13.2 Å². The fraction of sp³-hybridized carbons (Fsp3) is 0.438. The third kappa shape index (κ3) is 4.28. The molecule has 2 unspecified atom stereocenters. The van der Waals surface area contributed by atoms with E-state index in [1.54, 1.807) is 0 Å². The van der Waals surface area contributed by atoms with E-state index in [4.69, 9.17) is 0 Å². The zero-order valence-corrected chi connectivity index (χ0v) is 14.2. The Kier molecular flexibility index (Phi) is 5.64. The molecule has 1 aromatic heterocycles. The number of aliphatic hydroxyl groups excluding tert-OH is 2. The van der Waals surface area contributed by atoms with E-state index in [-0.39, 0.29) is 31.0 Å². The van der Waals surface area contributed by atoms with Crippen molar-refractivity contribution in [2.45, 2.75) is 38.0 Å². The van der Waals surface area contributed by atoms with Gasteiger partial charge >= 0.3 is 6.18 Å². The van der Waals surface area contributed by atoms with Crippen molar-refractivity contribution in [1.82, 2.24) is 19.7 Å². The third-order valence-corrected chi connectivity index (χ3v) is 4.32. The van der Waals surface area contributed by atoms with Crippen LogP contribution >= 0.6 is 0 Å². The Bertz CT molecular complexity index is 856. The average Bonchev–Trinajstić information content (AvgIpc) is 3.03. The molecule has 0 aliphatic carbocycles. The number of fused-ring (bicyclic) bond motifs is 1.